The summed E-state index contributed by atoms with van der Waals surface area (Å²) in [6.07, 6.45) is 3.22. The molecule has 7 rings (SSSR count). The minimum absolute atomic E-state index is 0.00857. The Hall–Kier alpha value is -8.41. The molecule has 0 radical (unpaired) electrons. The first-order valence-electron chi connectivity index (χ1n) is 37.4. The third-order valence-corrected chi connectivity index (χ3v) is 22.7. The van der Waals surface area contributed by atoms with Crippen LogP contribution in [0.1, 0.15) is 147 Å². The predicted molar refractivity (Wildman–Crippen MR) is 397 cm³/mol. The quantitative estimate of drug-likeness (QED) is 0.123. The lowest BCUT2D eigenvalue weighted by Crippen LogP contribution is -2.68. The van der Waals surface area contributed by atoms with Crippen LogP contribution in [0.25, 0.3) is 0 Å². The standard InChI is InChI=1S/C77H110BrF3N12O14/c1-14-18-20-28-56-67(97)83-65(48(5)15-2)73(103)87(8)47-64(96)89(10)57-29-21-19-24-40-92(72(57)102)60(41-49-30-34-52(78)35-31-49)71(101)86(7)46-62(94)82-55(37-33-50-32-36-54(77(79,80)81)61(42-50)106-13)69(99)93-45-53(107-17-4)43-58(93)68(98)84-76(38-25-39-76)75(105)91(12)66(51-26-22-23-27-51)74(104)90(11)59(44-63(95)88(56)9)70(100)85(6)16-3/h14,19,21,30-32,34-36,42,48,51,53,55-60,65-66H,1,15-18,20,22-29,33,37-41,43-47H2,2-13H3,(H,82,94)(H,83,97)(H,84,98)/b21-19-/t48-,53+,55-,56-,57-,58-,59-,60-,65-,66-/m0/s1. The topological polar surface area (TPSA) is 289 Å². The summed E-state index contributed by atoms with van der Waals surface area (Å²) in [5.41, 5.74) is -1.77. The molecule has 0 aromatic heterocycles. The second-order valence-electron chi connectivity index (χ2n) is 29.3. The molecule has 2 aromatic rings. The van der Waals surface area contributed by atoms with Crippen LogP contribution in [-0.4, -0.2) is 271 Å². The highest BCUT2D eigenvalue weighted by Crippen LogP contribution is 2.40. The lowest BCUT2D eigenvalue weighted by atomic mass is 9.74. The van der Waals surface area contributed by atoms with Gasteiger partial charge in [0.05, 0.1) is 38.3 Å². The maximum atomic E-state index is 15.6. The molecule has 3 heterocycles. The summed E-state index contributed by atoms with van der Waals surface area (Å²) in [6.45, 7) is 9.69. The van der Waals surface area contributed by atoms with Crippen molar-refractivity contribution < 1.29 is 80.2 Å². The molecule has 30 heteroatoms. The number of unbranched alkanes of at least 4 members (excludes halogenated alkanes) is 1. The van der Waals surface area contributed by atoms with Crippen molar-refractivity contribution in [3.8, 4) is 5.75 Å². The van der Waals surface area contributed by atoms with Gasteiger partial charge in [0.25, 0.3) is 0 Å². The number of halogens is 4. The summed E-state index contributed by atoms with van der Waals surface area (Å²) in [7, 11) is 11.0. The van der Waals surface area contributed by atoms with Gasteiger partial charge >= 0.3 is 6.18 Å². The summed E-state index contributed by atoms with van der Waals surface area (Å²) in [6, 6.07) is -0.354. The van der Waals surface area contributed by atoms with Crippen molar-refractivity contribution in [1.29, 1.82) is 0 Å². The SMILES string of the molecule is C=CCCC[C@H]1C(=O)N[C@@H]([C@@H](C)CC)C(=O)N(C)CC(=O)N(C)[C@H]2C/C=C\CCN(C2=O)[C@@H](Cc2ccc(Br)cc2)C(=O)N(C)CC(=O)N[C@@H](CCc2ccc(C(F)(F)F)c(OC)c2)C(=O)N2C[C@H](OCC)C[C@H]2C(=O)NC2(CCC2)C(=O)N(C)[C@@H](C2CCCC2)C(=O)N(C)[C@H](C(=O)N(C)CC)CC(=O)N1C. The molecule has 3 aliphatic heterocycles. The highest BCUT2D eigenvalue weighted by Gasteiger charge is 2.54. The minimum atomic E-state index is -4.78. The van der Waals surface area contributed by atoms with E-state index in [0.717, 1.165) is 27.4 Å². The number of alkyl halides is 3. The van der Waals surface area contributed by atoms with Gasteiger partial charge in [-0.1, -0.05) is 85.5 Å². The van der Waals surface area contributed by atoms with E-state index in [4.69, 9.17) is 9.47 Å². The van der Waals surface area contributed by atoms with Crippen molar-refractivity contribution >= 4 is 86.8 Å². The van der Waals surface area contributed by atoms with Gasteiger partial charge < -0.3 is 69.5 Å². The molecule has 2 bridgehead atoms. The molecule has 2 aliphatic carbocycles. The molecule has 107 heavy (non-hydrogen) atoms. The zero-order valence-electron chi connectivity index (χ0n) is 64.1. The molecule has 3 N–H and O–H groups in total. The zero-order chi connectivity index (χ0) is 78.9. The third-order valence-electron chi connectivity index (χ3n) is 22.1. The summed E-state index contributed by atoms with van der Waals surface area (Å²) in [5, 5.41) is 8.70. The van der Waals surface area contributed by atoms with E-state index in [0.29, 0.717) is 56.9 Å². The van der Waals surface area contributed by atoms with Crippen molar-refractivity contribution in [2.75, 3.05) is 95.8 Å². The van der Waals surface area contributed by atoms with Crippen LogP contribution in [0.2, 0.25) is 0 Å². The molecule has 10 atom stereocenters. The number of amides is 12. The van der Waals surface area contributed by atoms with E-state index in [-0.39, 0.29) is 89.6 Å². The number of ether oxygens (including phenoxy) is 2. The second kappa shape index (κ2) is 38.6. The Morgan fingerprint density at radius 1 is 0.748 bits per heavy atom. The Labute approximate surface area is 635 Å². The van der Waals surface area contributed by atoms with Crippen LogP contribution in [-0.2, 0) is 81.3 Å². The minimum Gasteiger partial charge on any atom is -0.496 e. The van der Waals surface area contributed by atoms with Gasteiger partial charge in [0, 0.05) is 92.9 Å². The van der Waals surface area contributed by atoms with Crippen LogP contribution in [0, 0.1) is 11.8 Å². The number of fused-ring (bicyclic) bond motifs is 3. The molecular formula is C77H110BrF3N12O14. The average molecular weight is 1560 g/mol. The highest BCUT2D eigenvalue weighted by atomic mass is 79.9. The number of hydrogen-bond donors (Lipinski definition) is 3. The van der Waals surface area contributed by atoms with E-state index in [1.807, 2.05) is 13.0 Å². The molecule has 0 unspecified atom stereocenters. The number of allylic oxidation sites excluding steroid dienone is 1. The van der Waals surface area contributed by atoms with Crippen molar-refractivity contribution in [2.45, 2.75) is 209 Å². The fourth-order valence-electron chi connectivity index (χ4n) is 15.1. The largest absolute Gasteiger partial charge is 0.496 e. The molecule has 4 fully saturated rings. The van der Waals surface area contributed by atoms with E-state index >= 15 is 33.6 Å². The maximum Gasteiger partial charge on any atom is 0.419 e. The van der Waals surface area contributed by atoms with Crippen molar-refractivity contribution in [1.82, 2.24) is 60.0 Å². The normalized spacial score (nSPS) is 25.9. The first-order chi connectivity index (χ1) is 50.7. The first kappa shape index (κ1) is 85.8. The van der Waals surface area contributed by atoms with Gasteiger partial charge in [-0.2, -0.15) is 13.2 Å². The third kappa shape index (κ3) is 21.1. The number of nitrogens with one attached hydrogen (secondary N) is 3. The number of methoxy groups -OCH3 is 1. The number of benzene rings is 2. The Kier molecular flexibility index (Phi) is 31.0. The van der Waals surface area contributed by atoms with Crippen LogP contribution in [0.5, 0.6) is 5.75 Å². The zero-order valence-corrected chi connectivity index (χ0v) is 65.6. The lowest BCUT2D eigenvalue weighted by Gasteiger charge is -2.46. The van der Waals surface area contributed by atoms with E-state index in [2.05, 4.69) is 38.5 Å². The number of carbonyl (C=O) groups is 12. The molecule has 26 nitrogen and oxygen atoms in total. The molecule has 2 saturated carbocycles. The number of rotatable bonds is 17. The summed E-state index contributed by atoms with van der Waals surface area (Å²) in [5.74, 6) is -9.87. The molecule has 5 aliphatic rings. The van der Waals surface area contributed by atoms with Crippen LogP contribution in [0.3, 0.4) is 0 Å². The van der Waals surface area contributed by atoms with E-state index in [1.165, 1.54) is 95.8 Å². The lowest BCUT2D eigenvalue weighted by molar-refractivity contribution is -0.158. The van der Waals surface area contributed by atoms with Crippen LogP contribution in [0.15, 0.2) is 71.7 Å². The second-order valence-corrected chi connectivity index (χ2v) is 30.2. The van der Waals surface area contributed by atoms with Crippen LogP contribution in [0.4, 0.5) is 13.2 Å². The number of aryl methyl sites for hydroxylation is 1. The van der Waals surface area contributed by atoms with Gasteiger partial charge in [0.1, 0.15) is 59.6 Å². The summed E-state index contributed by atoms with van der Waals surface area (Å²) < 4.78 is 54.5. The van der Waals surface area contributed by atoms with Crippen molar-refractivity contribution in [3.63, 3.8) is 0 Å². The van der Waals surface area contributed by atoms with Gasteiger partial charge in [0.2, 0.25) is 70.9 Å². The molecule has 2 saturated heterocycles. The molecular weight excluding hydrogens is 1450 g/mol. The van der Waals surface area contributed by atoms with Gasteiger partial charge in [0.15, 0.2) is 0 Å². The summed E-state index contributed by atoms with van der Waals surface area (Å²) >= 11 is 3.46. The predicted octanol–water partition coefficient (Wildman–Crippen LogP) is 5.91. The fraction of sp³-hybridized carbons (Fsp3) is 0.636. The number of hydrogen-bond acceptors (Lipinski definition) is 14. The Morgan fingerprint density at radius 3 is 2.02 bits per heavy atom. The molecule has 1 spiro atoms. The Bertz CT molecular complexity index is 3570. The van der Waals surface area contributed by atoms with Gasteiger partial charge in [-0.05, 0) is 138 Å². The Balaban J connectivity index is 1.34. The Morgan fingerprint density at radius 2 is 1.41 bits per heavy atom. The summed E-state index contributed by atoms with van der Waals surface area (Å²) in [4.78, 5) is 193. The van der Waals surface area contributed by atoms with Gasteiger partial charge in [-0.25, -0.2) is 0 Å². The monoisotopic (exact) mass is 1560 g/mol. The molecule has 590 valence electrons. The maximum absolute atomic E-state index is 15.6. The van der Waals surface area contributed by atoms with Crippen molar-refractivity contribution in [3.05, 3.63) is 88.4 Å². The average Bonchev–Trinajstić information content (AvgIpc) is 1.65. The molecule has 2 aromatic carbocycles. The van der Waals surface area contributed by atoms with Gasteiger partial charge in [-0.15, -0.1) is 6.58 Å². The van der Waals surface area contributed by atoms with E-state index in [1.54, 1.807) is 57.2 Å². The first-order valence-corrected chi connectivity index (χ1v) is 38.2. The smallest absolute Gasteiger partial charge is 0.419 e. The highest BCUT2D eigenvalue weighted by molar-refractivity contribution is 9.10. The van der Waals surface area contributed by atoms with E-state index in [9.17, 15) is 37.1 Å². The van der Waals surface area contributed by atoms with Gasteiger partial charge in [-0.3, -0.25) is 57.5 Å². The van der Waals surface area contributed by atoms with Crippen molar-refractivity contribution in [2.24, 2.45) is 11.8 Å². The number of likely N-dealkylation sites (N-methyl/N-ethyl adjacent to an activating group) is 7. The van der Waals surface area contributed by atoms with E-state index < -0.39 is 180 Å². The molecule has 12 amide bonds. The van der Waals surface area contributed by atoms with Crippen LogP contribution >= 0.6 is 15.9 Å². The fourth-order valence-corrected chi connectivity index (χ4v) is 15.4. The number of nitrogens with zero attached hydrogens (tertiary/aromatic N) is 9. The van der Waals surface area contributed by atoms with Crippen LogP contribution < -0.4 is 20.7 Å². The number of carbonyl (C=O) groups excluding carboxylic acids is 12.